The Morgan fingerprint density at radius 1 is 0.957 bits per heavy atom. The molecule has 0 atom stereocenters. The highest BCUT2D eigenvalue weighted by molar-refractivity contribution is 5.62. The molecule has 0 amide bonds. The van der Waals surface area contributed by atoms with Crippen LogP contribution >= 0.6 is 0 Å². The summed E-state index contributed by atoms with van der Waals surface area (Å²) in [5.41, 5.74) is 2.18. The van der Waals surface area contributed by atoms with E-state index in [9.17, 15) is 0 Å². The minimum absolute atomic E-state index is 0.785. The highest BCUT2D eigenvalue weighted by Gasteiger charge is 2.01. The quantitative estimate of drug-likeness (QED) is 0.731. The predicted octanol–water partition coefficient (Wildman–Crippen LogP) is 2.65. The Labute approximate surface area is 138 Å². The van der Waals surface area contributed by atoms with Crippen LogP contribution in [0.5, 0.6) is 0 Å². The lowest BCUT2D eigenvalue weighted by molar-refractivity contribution is 0.405. The molecule has 0 fully saturated rings. The van der Waals surface area contributed by atoms with E-state index in [0.29, 0.717) is 0 Å². The first kappa shape index (κ1) is 17.0. The maximum atomic E-state index is 4.27. The van der Waals surface area contributed by atoms with E-state index in [1.54, 1.807) is 6.33 Å². The summed E-state index contributed by atoms with van der Waals surface area (Å²) in [5, 5.41) is 6.63. The molecule has 0 radical (unpaired) electrons. The molecule has 0 spiro atoms. The van der Waals surface area contributed by atoms with Gasteiger partial charge in [-0.2, -0.15) is 0 Å². The standard InChI is InChI=1S/C17H26N6/c1-22(2)11-5-10-18-16-12-17(20-13-19-16)21-14-6-8-15(9-7-14)23(3)4/h6-9,12-13H,5,10-11H2,1-4H3,(H2,18,19,20,21). The lowest BCUT2D eigenvalue weighted by Gasteiger charge is -2.13. The molecule has 0 bridgehead atoms. The summed E-state index contributed by atoms with van der Waals surface area (Å²) >= 11 is 0. The van der Waals surface area contributed by atoms with E-state index in [2.05, 4.69) is 56.6 Å². The van der Waals surface area contributed by atoms with Gasteiger partial charge in [0, 0.05) is 38.1 Å². The van der Waals surface area contributed by atoms with Crippen molar-refractivity contribution in [1.82, 2.24) is 14.9 Å². The second-order valence-electron chi connectivity index (χ2n) is 5.94. The lowest BCUT2D eigenvalue weighted by Crippen LogP contribution is -2.16. The summed E-state index contributed by atoms with van der Waals surface area (Å²) in [6.45, 7) is 1.95. The molecule has 1 aromatic heterocycles. The van der Waals surface area contributed by atoms with E-state index >= 15 is 0 Å². The molecule has 23 heavy (non-hydrogen) atoms. The molecule has 2 rings (SSSR count). The molecule has 124 valence electrons. The average Bonchev–Trinajstić information content (AvgIpc) is 2.52. The molecule has 0 saturated carbocycles. The Kier molecular flexibility index (Phi) is 6.17. The zero-order chi connectivity index (χ0) is 16.7. The number of nitrogens with one attached hydrogen (secondary N) is 2. The molecule has 2 aromatic rings. The molecule has 0 aliphatic heterocycles. The number of rotatable bonds is 8. The number of aromatic nitrogens is 2. The van der Waals surface area contributed by atoms with Gasteiger partial charge < -0.3 is 20.4 Å². The van der Waals surface area contributed by atoms with Crippen molar-refractivity contribution in [3.05, 3.63) is 36.7 Å². The van der Waals surface area contributed by atoms with E-state index < -0.39 is 0 Å². The lowest BCUT2D eigenvalue weighted by atomic mass is 10.2. The average molecular weight is 314 g/mol. The van der Waals surface area contributed by atoms with E-state index in [1.165, 1.54) is 5.69 Å². The highest BCUT2D eigenvalue weighted by atomic mass is 15.1. The molecule has 1 aromatic carbocycles. The Morgan fingerprint density at radius 3 is 2.30 bits per heavy atom. The first-order valence-corrected chi connectivity index (χ1v) is 7.79. The summed E-state index contributed by atoms with van der Waals surface area (Å²) in [7, 11) is 8.21. The molecule has 2 N–H and O–H groups in total. The number of hydrogen-bond donors (Lipinski definition) is 2. The van der Waals surface area contributed by atoms with Gasteiger partial charge in [-0.15, -0.1) is 0 Å². The van der Waals surface area contributed by atoms with Crippen LogP contribution in [-0.2, 0) is 0 Å². The molecular weight excluding hydrogens is 288 g/mol. The predicted molar refractivity (Wildman–Crippen MR) is 97.7 cm³/mol. The fourth-order valence-corrected chi connectivity index (χ4v) is 2.12. The first-order chi connectivity index (χ1) is 11.0. The van der Waals surface area contributed by atoms with E-state index in [-0.39, 0.29) is 0 Å². The third kappa shape index (κ3) is 5.75. The van der Waals surface area contributed by atoms with E-state index in [4.69, 9.17) is 0 Å². The highest BCUT2D eigenvalue weighted by Crippen LogP contribution is 2.19. The van der Waals surface area contributed by atoms with Crippen LogP contribution < -0.4 is 15.5 Å². The van der Waals surface area contributed by atoms with Crippen LogP contribution in [0.15, 0.2) is 36.7 Å². The molecule has 6 nitrogen and oxygen atoms in total. The van der Waals surface area contributed by atoms with Crippen LogP contribution in [0.3, 0.4) is 0 Å². The van der Waals surface area contributed by atoms with Gasteiger partial charge in [0.25, 0.3) is 0 Å². The molecular formula is C17H26N6. The van der Waals surface area contributed by atoms with Gasteiger partial charge in [-0.25, -0.2) is 9.97 Å². The Bertz CT molecular complexity index is 594. The van der Waals surface area contributed by atoms with Crippen LogP contribution in [0.4, 0.5) is 23.0 Å². The van der Waals surface area contributed by atoms with E-state index in [1.807, 2.05) is 32.3 Å². The monoisotopic (exact) mass is 314 g/mol. The molecule has 0 saturated heterocycles. The van der Waals surface area contributed by atoms with Crippen molar-refractivity contribution in [1.29, 1.82) is 0 Å². The van der Waals surface area contributed by atoms with Crippen molar-refractivity contribution >= 4 is 23.0 Å². The van der Waals surface area contributed by atoms with Gasteiger partial charge in [0.15, 0.2) is 0 Å². The summed E-state index contributed by atoms with van der Waals surface area (Å²) in [4.78, 5) is 12.8. The fourth-order valence-electron chi connectivity index (χ4n) is 2.12. The van der Waals surface area contributed by atoms with Crippen LogP contribution in [0, 0.1) is 0 Å². The summed E-state index contributed by atoms with van der Waals surface area (Å²) in [6, 6.07) is 10.2. The van der Waals surface area contributed by atoms with Crippen molar-refractivity contribution < 1.29 is 0 Å². The Balaban J connectivity index is 1.91. The summed E-state index contributed by atoms with van der Waals surface area (Å²) < 4.78 is 0. The third-order valence-electron chi connectivity index (χ3n) is 3.41. The Hall–Kier alpha value is -2.34. The second-order valence-corrected chi connectivity index (χ2v) is 5.94. The smallest absolute Gasteiger partial charge is 0.135 e. The van der Waals surface area contributed by atoms with Gasteiger partial charge in [-0.3, -0.25) is 0 Å². The van der Waals surface area contributed by atoms with Gasteiger partial charge in [-0.05, 0) is 51.3 Å². The minimum Gasteiger partial charge on any atom is -0.378 e. The van der Waals surface area contributed by atoms with Crippen molar-refractivity contribution in [2.24, 2.45) is 0 Å². The zero-order valence-corrected chi connectivity index (χ0v) is 14.4. The maximum absolute atomic E-state index is 4.27. The third-order valence-corrected chi connectivity index (χ3v) is 3.41. The number of hydrogen-bond acceptors (Lipinski definition) is 6. The van der Waals surface area contributed by atoms with Gasteiger partial charge in [-0.1, -0.05) is 0 Å². The topological polar surface area (TPSA) is 56.3 Å². The summed E-state index contributed by atoms with van der Waals surface area (Å²) in [5.74, 6) is 1.62. The van der Waals surface area contributed by atoms with Gasteiger partial charge in [0.2, 0.25) is 0 Å². The van der Waals surface area contributed by atoms with Gasteiger partial charge in [0.1, 0.15) is 18.0 Å². The maximum Gasteiger partial charge on any atom is 0.135 e. The minimum atomic E-state index is 0.785. The van der Waals surface area contributed by atoms with Crippen molar-refractivity contribution in [2.45, 2.75) is 6.42 Å². The van der Waals surface area contributed by atoms with Crippen LogP contribution in [-0.4, -0.2) is 56.1 Å². The molecule has 1 heterocycles. The normalized spacial score (nSPS) is 10.7. The van der Waals surface area contributed by atoms with Gasteiger partial charge >= 0.3 is 0 Å². The molecule has 0 unspecified atom stereocenters. The van der Waals surface area contributed by atoms with Crippen molar-refractivity contribution in [3.8, 4) is 0 Å². The Morgan fingerprint density at radius 2 is 1.65 bits per heavy atom. The molecule has 6 heteroatoms. The molecule has 0 aliphatic carbocycles. The van der Waals surface area contributed by atoms with Crippen molar-refractivity contribution in [3.63, 3.8) is 0 Å². The fraction of sp³-hybridized carbons (Fsp3) is 0.412. The number of anilines is 4. The zero-order valence-electron chi connectivity index (χ0n) is 14.4. The van der Waals surface area contributed by atoms with Crippen LogP contribution in [0.2, 0.25) is 0 Å². The summed E-state index contributed by atoms with van der Waals surface area (Å²) in [6.07, 6.45) is 2.65. The van der Waals surface area contributed by atoms with Gasteiger partial charge in [0.05, 0.1) is 0 Å². The first-order valence-electron chi connectivity index (χ1n) is 7.79. The SMILES string of the molecule is CN(C)CCCNc1cc(Nc2ccc(N(C)C)cc2)ncn1. The molecule has 0 aliphatic rings. The number of nitrogens with zero attached hydrogens (tertiary/aromatic N) is 4. The van der Waals surface area contributed by atoms with Crippen molar-refractivity contribution in [2.75, 3.05) is 56.8 Å². The van der Waals surface area contributed by atoms with Crippen LogP contribution in [0.1, 0.15) is 6.42 Å². The van der Waals surface area contributed by atoms with Crippen LogP contribution in [0.25, 0.3) is 0 Å². The second kappa shape index (κ2) is 8.33. The van der Waals surface area contributed by atoms with E-state index in [0.717, 1.165) is 36.8 Å². The number of benzene rings is 1. The largest absolute Gasteiger partial charge is 0.378 e.